The van der Waals surface area contributed by atoms with E-state index in [1.54, 1.807) is 12.1 Å². The molecule has 6 heteroatoms. The Kier molecular flexibility index (Phi) is 5.13. The van der Waals surface area contributed by atoms with Crippen LogP contribution in [0.5, 0.6) is 0 Å². The van der Waals surface area contributed by atoms with Crippen LogP contribution in [0.3, 0.4) is 0 Å². The topological polar surface area (TPSA) is 83.6 Å². The first-order valence-electron chi connectivity index (χ1n) is 8.77. The summed E-state index contributed by atoms with van der Waals surface area (Å²) in [6.07, 6.45) is 2.88. The van der Waals surface area contributed by atoms with Crippen molar-refractivity contribution in [2.75, 3.05) is 0 Å². The second-order valence-electron chi connectivity index (χ2n) is 6.85. The van der Waals surface area contributed by atoms with Crippen molar-refractivity contribution in [3.05, 3.63) is 47.0 Å². The molecule has 0 radical (unpaired) electrons. The van der Waals surface area contributed by atoms with Crippen LogP contribution in [-0.2, 0) is 24.2 Å². The molecule has 0 aliphatic carbocycles. The van der Waals surface area contributed by atoms with Gasteiger partial charge in [0.1, 0.15) is 11.6 Å². The molecule has 1 atom stereocenters. The van der Waals surface area contributed by atoms with Crippen molar-refractivity contribution in [3.63, 3.8) is 0 Å². The number of nitriles is 1. The fourth-order valence-electron chi connectivity index (χ4n) is 3.20. The average molecular weight is 337 g/mol. The minimum Gasteiger partial charge on any atom is -0.352 e. The van der Waals surface area contributed by atoms with E-state index in [2.05, 4.69) is 40.0 Å². The van der Waals surface area contributed by atoms with E-state index in [-0.39, 0.29) is 11.9 Å². The Bertz CT molecular complexity index is 785. The summed E-state index contributed by atoms with van der Waals surface area (Å²) in [5.74, 6) is 2.40. The number of aryl methyl sites for hydroxylation is 2. The third kappa shape index (κ3) is 4.05. The minimum atomic E-state index is 0.0666. The molecule has 1 amide bonds. The van der Waals surface area contributed by atoms with E-state index < -0.39 is 0 Å². The van der Waals surface area contributed by atoms with Gasteiger partial charge in [-0.15, -0.1) is 10.2 Å². The Balaban J connectivity index is 1.53. The van der Waals surface area contributed by atoms with Crippen molar-refractivity contribution in [1.82, 2.24) is 20.1 Å². The van der Waals surface area contributed by atoms with Gasteiger partial charge in [-0.25, -0.2) is 0 Å². The van der Waals surface area contributed by atoms with E-state index in [9.17, 15) is 4.79 Å². The summed E-state index contributed by atoms with van der Waals surface area (Å²) in [6, 6.07) is 9.62. The molecule has 2 aromatic rings. The molecule has 0 bridgehead atoms. The SMILES string of the molecule is CC(C)c1nnc2n1C[C@@H](NC(=O)CCc1ccc(C#N)cc1)CC2. The van der Waals surface area contributed by atoms with Gasteiger partial charge in [-0.05, 0) is 30.5 Å². The van der Waals surface area contributed by atoms with Gasteiger partial charge in [0.2, 0.25) is 5.91 Å². The number of amides is 1. The van der Waals surface area contributed by atoms with E-state index in [0.717, 1.165) is 36.6 Å². The smallest absolute Gasteiger partial charge is 0.220 e. The molecular weight excluding hydrogens is 314 g/mol. The van der Waals surface area contributed by atoms with Crippen molar-refractivity contribution < 1.29 is 4.79 Å². The molecule has 1 aromatic carbocycles. The van der Waals surface area contributed by atoms with Crippen LogP contribution in [0.4, 0.5) is 0 Å². The normalized spacial score (nSPS) is 16.3. The third-order valence-electron chi connectivity index (χ3n) is 4.58. The zero-order chi connectivity index (χ0) is 17.8. The lowest BCUT2D eigenvalue weighted by molar-refractivity contribution is -0.122. The molecule has 0 saturated heterocycles. The van der Waals surface area contributed by atoms with Crippen molar-refractivity contribution in [3.8, 4) is 6.07 Å². The van der Waals surface area contributed by atoms with Gasteiger partial charge in [0.25, 0.3) is 0 Å². The summed E-state index contributed by atoms with van der Waals surface area (Å²) in [7, 11) is 0. The minimum absolute atomic E-state index is 0.0666. The molecule has 1 N–H and O–H groups in total. The number of nitrogens with zero attached hydrogens (tertiary/aromatic N) is 4. The van der Waals surface area contributed by atoms with Crippen LogP contribution in [0.2, 0.25) is 0 Å². The highest BCUT2D eigenvalue weighted by molar-refractivity contribution is 5.76. The summed E-state index contributed by atoms with van der Waals surface area (Å²) in [5.41, 5.74) is 1.71. The predicted molar refractivity (Wildman–Crippen MR) is 93.8 cm³/mol. The van der Waals surface area contributed by atoms with E-state index >= 15 is 0 Å². The number of rotatable bonds is 5. The highest BCUT2D eigenvalue weighted by Crippen LogP contribution is 2.20. The van der Waals surface area contributed by atoms with Gasteiger partial charge in [-0.1, -0.05) is 26.0 Å². The first-order valence-corrected chi connectivity index (χ1v) is 8.77. The maximum absolute atomic E-state index is 12.3. The maximum Gasteiger partial charge on any atom is 0.220 e. The molecule has 3 rings (SSSR count). The summed E-state index contributed by atoms with van der Waals surface area (Å²) in [6.45, 7) is 4.96. The number of hydrogen-bond donors (Lipinski definition) is 1. The fraction of sp³-hybridized carbons (Fsp3) is 0.474. The number of hydrogen-bond acceptors (Lipinski definition) is 4. The molecule has 130 valence electrons. The Morgan fingerprint density at radius 2 is 2.12 bits per heavy atom. The van der Waals surface area contributed by atoms with E-state index in [1.807, 2.05) is 12.1 Å². The number of carbonyl (C=O) groups is 1. The number of aromatic nitrogens is 3. The molecule has 2 heterocycles. The van der Waals surface area contributed by atoms with Crippen LogP contribution < -0.4 is 5.32 Å². The number of fused-ring (bicyclic) bond motifs is 1. The second-order valence-corrected chi connectivity index (χ2v) is 6.85. The second kappa shape index (κ2) is 7.47. The van der Waals surface area contributed by atoms with Gasteiger partial charge in [-0.2, -0.15) is 5.26 Å². The average Bonchev–Trinajstić information content (AvgIpc) is 3.04. The largest absolute Gasteiger partial charge is 0.352 e. The number of carbonyl (C=O) groups excluding carboxylic acids is 1. The Morgan fingerprint density at radius 3 is 2.80 bits per heavy atom. The molecule has 0 fully saturated rings. The fourth-order valence-corrected chi connectivity index (χ4v) is 3.20. The van der Waals surface area contributed by atoms with Gasteiger partial charge in [0.15, 0.2) is 0 Å². The van der Waals surface area contributed by atoms with Gasteiger partial charge in [0.05, 0.1) is 11.6 Å². The van der Waals surface area contributed by atoms with Crippen LogP contribution >= 0.6 is 0 Å². The summed E-state index contributed by atoms with van der Waals surface area (Å²) >= 11 is 0. The molecule has 25 heavy (non-hydrogen) atoms. The molecule has 1 aliphatic rings. The Morgan fingerprint density at radius 1 is 1.36 bits per heavy atom. The van der Waals surface area contributed by atoms with E-state index in [4.69, 9.17) is 5.26 Å². The highest BCUT2D eigenvalue weighted by atomic mass is 16.1. The van der Waals surface area contributed by atoms with Gasteiger partial charge < -0.3 is 9.88 Å². The van der Waals surface area contributed by atoms with Gasteiger partial charge in [0, 0.05) is 31.3 Å². The summed E-state index contributed by atoms with van der Waals surface area (Å²) < 4.78 is 2.15. The van der Waals surface area contributed by atoms with Crippen LogP contribution in [0.1, 0.15) is 55.4 Å². The van der Waals surface area contributed by atoms with Crippen molar-refractivity contribution >= 4 is 5.91 Å². The van der Waals surface area contributed by atoms with E-state index in [0.29, 0.717) is 24.3 Å². The predicted octanol–water partition coefficient (Wildman–Crippen LogP) is 2.34. The zero-order valence-electron chi connectivity index (χ0n) is 14.7. The monoisotopic (exact) mass is 337 g/mol. The van der Waals surface area contributed by atoms with Crippen LogP contribution in [0.25, 0.3) is 0 Å². The lowest BCUT2D eigenvalue weighted by Gasteiger charge is -2.26. The quantitative estimate of drug-likeness (QED) is 0.907. The van der Waals surface area contributed by atoms with Crippen molar-refractivity contribution in [2.24, 2.45) is 0 Å². The number of benzene rings is 1. The standard InChI is InChI=1S/C19H23N5O/c1-13(2)19-23-22-17-9-8-16(12-24(17)19)21-18(25)10-7-14-3-5-15(11-20)6-4-14/h3-6,13,16H,7-10,12H2,1-2H3,(H,21,25)/t16-/m0/s1. The van der Waals surface area contributed by atoms with Crippen LogP contribution in [-0.4, -0.2) is 26.7 Å². The molecule has 1 aromatic heterocycles. The highest BCUT2D eigenvalue weighted by Gasteiger charge is 2.24. The summed E-state index contributed by atoms with van der Waals surface area (Å²) in [4.78, 5) is 12.3. The van der Waals surface area contributed by atoms with Crippen molar-refractivity contribution in [1.29, 1.82) is 5.26 Å². The van der Waals surface area contributed by atoms with Crippen LogP contribution in [0, 0.1) is 11.3 Å². The molecule has 1 aliphatic heterocycles. The first kappa shape index (κ1) is 17.2. The Hall–Kier alpha value is -2.68. The number of nitrogens with one attached hydrogen (secondary N) is 1. The van der Waals surface area contributed by atoms with E-state index in [1.165, 1.54) is 0 Å². The molecule has 0 spiro atoms. The molecule has 0 saturated carbocycles. The Labute approximate surface area is 147 Å². The van der Waals surface area contributed by atoms with Crippen molar-refractivity contribution in [2.45, 2.75) is 58.0 Å². The van der Waals surface area contributed by atoms with Gasteiger partial charge >= 0.3 is 0 Å². The lowest BCUT2D eigenvalue weighted by atomic mass is 10.0. The lowest BCUT2D eigenvalue weighted by Crippen LogP contribution is -2.41. The third-order valence-corrected chi connectivity index (χ3v) is 4.58. The molecule has 0 unspecified atom stereocenters. The molecule has 6 nitrogen and oxygen atoms in total. The van der Waals surface area contributed by atoms with Crippen LogP contribution in [0.15, 0.2) is 24.3 Å². The maximum atomic E-state index is 12.3. The molecular formula is C19H23N5O. The zero-order valence-corrected chi connectivity index (χ0v) is 14.7. The van der Waals surface area contributed by atoms with Gasteiger partial charge in [-0.3, -0.25) is 4.79 Å². The first-order chi connectivity index (χ1) is 12.1. The summed E-state index contributed by atoms with van der Waals surface area (Å²) in [5, 5.41) is 20.5.